The molecule has 0 aliphatic carbocycles. The summed E-state index contributed by atoms with van der Waals surface area (Å²) in [5, 5.41) is 12.3. The average molecular weight is 340 g/mol. The van der Waals surface area contributed by atoms with Gasteiger partial charge in [-0.25, -0.2) is 9.48 Å². The van der Waals surface area contributed by atoms with Crippen molar-refractivity contribution in [2.24, 2.45) is 0 Å². The lowest BCUT2D eigenvalue weighted by atomic mass is 10.2. The molecule has 2 aromatic heterocycles. The zero-order chi connectivity index (χ0) is 17.4. The molecule has 1 aliphatic heterocycles. The Labute approximate surface area is 142 Å². The van der Waals surface area contributed by atoms with Crippen molar-refractivity contribution in [2.75, 3.05) is 13.7 Å². The van der Waals surface area contributed by atoms with E-state index in [-0.39, 0.29) is 12.5 Å². The Hall–Kier alpha value is -3.23. The van der Waals surface area contributed by atoms with Crippen molar-refractivity contribution < 1.29 is 14.3 Å². The molecule has 0 saturated heterocycles. The first-order valence-corrected chi connectivity index (χ1v) is 7.86. The van der Waals surface area contributed by atoms with Gasteiger partial charge in [-0.05, 0) is 12.1 Å². The summed E-state index contributed by atoms with van der Waals surface area (Å²) in [5.41, 5.74) is 2.65. The number of methoxy groups -OCH3 is 1. The molecule has 4 rings (SSSR count). The topological polar surface area (TPSA) is 95.1 Å². The van der Waals surface area contributed by atoms with Crippen molar-refractivity contribution in [2.45, 2.75) is 19.6 Å². The second-order valence-electron chi connectivity index (χ2n) is 5.77. The number of rotatable bonds is 3. The Bertz CT molecular complexity index is 960. The molecular weight excluding hydrogens is 324 g/mol. The largest absolute Gasteiger partial charge is 0.465 e. The third-order valence-electron chi connectivity index (χ3n) is 4.33. The van der Waals surface area contributed by atoms with E-state index in [9.17, 15) is 9.59 Å². The van der Waals surface area contributed by atoms with Gasteiger partial charge in [-0.1, -0.05) is 17.3 Å². The van der Waals surface area contributed by atoms with Crippen molar-refractivity contribution in [3.05, 3.63) is 41.7 Å². The van der Waals surface area contributed by atoms with Crippen molar-refractivity contribution in [3.63, 3.8) is 0 Å². The van der Waals surface area contributed by atoms with Gasteiger partial charge < -0.3 is 9.64 Å². The Morgan fingerprint density at radius 2 is 2.08 bits per heavy atom. The van der Waals surface area contributed by atoms with Crippen LogP contribution >= 0.6 is 0 Å². The Balaban J connectivity index is 1.54. The number of hydrogen-bond acceptors (Lipinski definition) is 6. The molecule has 1 amide bonds. The highest BCUT2D eigenvalue weighted by Crippen LogP contribution is 2.18. The summed E-state index contributed by atoms with van der Waals surface area (Å²) in [6.07, 6.45) is 1.49. The van der Waals surface area contributed by atoms with Crippen molar-refractivity contribution in [1.82, 2.24) is 29.7 Å². The summed E-state index contributed by atoms with van der Waals surface area (Å²) in [5.74, 6) is -0.531. The highest BCUT2D eigenvalue weighted by Gasteiger charge is 2.27. The van der Waals surface area contributed by atoms with Crippen LogP contribution in [0.15, 0.2) is 30.5 Å². The lowest BCUT2D eigenvalue weighted by molar-refractivity contribution is -0.133. The highest BCUT2D eigenvalue weighted by molar-refractivity contribution is 5.90. The van der Waals surface area contributed by atoms with Crippen LogP contribution in [0.5, 0.6) is 0 Å². The zero-order valence-corrected chi connectivity index (χ0v) is 13.6. The molecule has 0 N–H and O–H groups in total. The maximum atomic E-state index is 12.7. The molecule has 0 bridgehead atoms. The number of amides is 1. The summed E-state index contributed by atoms with van der Waals surface area (Å²) in [6, 6.07) is 7.49. The number of fused-ring (bicyclic) bond motifs is 2. The van der Waals surface area contributed by atoms with E-state index in [0.717, 1.165) is 11.0 Å². The maximum absolute atomic E-state index is 12.7. The first-order valence-electron chi connectivity index (χ1n) is 7.86. The maximum Gasteiger partial charge on any atom is 0.341 e. The summed E-state index contributed by atoms with van der Waals surface area (Å²) < 4.78 is 8.10. The van der Waals surface area contributed by atoms with Gasteiger partial charge in [0.1, 0.15) is 17.6 Å². The number of aromatic nitrogens is 5. The minimum absolute atomic E-state index is 0.0843. The van der Waals surface area contributed by atoms with Gasteiger partial charge in [0.25, 0.3) is 0 Å². The molecule has 0 radical (unpaired) electrons. The van der Waals surface area contributed by atoms with Gasteiger partial charge in [0.2, 0.25) is 5.91 Å². The lowest BCUT2D eigenvalue weighted by Crippen LogP contribution is -2.40. The van der Waals surface area contributed by atoms with E-state index in [4.69, 9.17) is 4.74 Å². The van der Waals surface area contributed by atoms with E-state index in [1.807, 2.05) is 24.3 Å². The predicted octanol–water partition coefficient (Wildman–Crippen LogP) is 0.457. The standard InChI is InChI=1S/C16H16N6O3/c1-25-16(24)11-8-17-21-7-6-20(9-14(11)21)15(23)10-22-13-5-3-2-4-12(13)18-19-22/h2-5,8H,6-7,9-10H2,1H3. The van der Waals surface area contributed by atoms with Gasteiger partial charge in [-0.2, -0.15) is 5.10 Å². The van der Waals surface area contributed by atoms with Crippen LogP contribution in [-0.4, -0.2) is 55.2 Å². The summed E-state index contributed by atoms with van der Waals surface area (Å²) in [6.45, 7) is 1.48. The fraction of sp³-hybridized carbons (Fsp3) is 0.312. The molecule has 9 heteroatoms. The molecule has 0 unspecified atom stereocenters. The van der Waals surface area contributed by atoms with Crippen molar-refractivity contribution in [1.29, 1.82) is 0 Å². The van der Waals surface area contributed by atoms with Crippen LogP contribution in [0.25, 0.3) is 11.0 Å². The van der Waals surface area contributed by atoms with Gasteiger partial charge in [-0.3, -0.25) is 9.48 Å². The van der Waals surface area contributed by atoms with Crippen molar-refractivity contribution in [3.8, 4) is 0 Å². The van der Waals surface area contributed by atoms with Crippen LogP contribution in [-0.2, 0) is 29.2 Å². The first-order chi connectivity index (χ1) is 12.2. The van der Waals surface area contributed by atoms with Crippen LogP contribution in [0, 0.1) is 0 Å². The normalized spacial score (nSPS) is 13.7. The third-order valence-corrected chi connectivity index (χ3v) is 4.33. The molecule has 3 aromatic rings. The minimum atomic E-state index is -0.446. The average Bonchev–Trinajstić information content (AvgIpc) is 3.25. The van der Waals surface area contributed by atoms with E-state index in [1.165, 1.54) is 13.3 Å². The number of ether oxygens (including phenoxy) is 1. The SMILES string of the molecule is COC(=O)c1cnn2c1CN(C(=O)Cn1nnc3ccccc31)CC2. The molecule has 1 aromatic carbocycles. The summed E-state index contributed by atoms with van der Waals surface area (Å²) >= 11 is 0. The van der Waals surface area contributed by atoms with Crippen LogP contribution in [0.1, 0.15) is 16.1 Å². The van der Waals surface area contributed by atoms with Crippen LogP contribution in [0.3, 0.4) is 0 Å². The summed E-state index contributed by atoms with van der Waals surface area (Å²) in [7, 11) is 1.33. The molecule has 0 fully saturated rings. The van der Waals surface area contributed by atoms with Gasteiger partial charge in [-0.15, -0.1) is 5.10 Å². The smallest absolute Gasteiger partial charge is 0.341 e. The Morgan fingerprint density at radius 1 is 1.24 bits per heavy atom. The number of para-hydroxylation sites is 1. The Kier molecular flexibility index (Phi) is 3.68. The van der Waals surface area contributed by atoms with Crippen molar-refractivity contribution >= 4 is 22.9 Å². The number of carbonyl (C=O) groups is 2. The second kappa shape index (κ2) is 6.00. The molecule has 25 heavy (non-hydrogen) atoms. The monoisotopic (exact) mass is 340 g/mol. The first kappa shape index (κ1) is 15.3. The number of nitrogens with zero attached hydrogens (tertiary/aromatic N) is 6. The van der Waals surface area contributed by atoms with E-state index in [0.29, 0.717) is 30.9 Å². The number of benzene rings is 1. The quantitative estimate of drug-likeness (QED) is 0.643. The fourth-order valence-electron chi connectivity index (χ4n) is 3.00. The third kappa shape index (κ3) is 2.63. The van der Waals surface area contributed by atoms with E-state index < -0.39 is 5.97 Å². The zero-order valence-electron chi connectivity index (χ0n) is 13.6. The predicted molar refractivity (Wildman–Crippen MR) is 86.5 cm³/mol. The highest BCUT2D eigenvalue weighted by atomic mass is 16.5. The van der Waals surface area contributed by atoms with Crippen LogP contribution in [0.2, 0.25) is 0 Å². The van der Waals surface area contributed by atoms with Gasteiger partial charge >= 0.3 is 5.97 Å². The molecule has 3 heterocycles. The number of esters is 1. The van der Waals surface area contributed by atoms with Crippen LogP contribution < -0.4 is 0 Å². The van der Waals surface area contributed by atoms with E-state index in [1.54, 1.807) is 14.3 Å². The molecule has 0 atom stereocenters. The fourth-order valence-corrected chi connectivity index (χ4v) is 3.00. The molecule has 9 nitrogen and oxygen atoms in total. The van der Waals surface area contributed by atoms with E-state index >= 15 is 0 Å². The van der Waals surface area contributed by atoms with Gasteiger partial charge in [0.05, 0.1) is 37.6 Å². The molecule has 1 aliphatic rings. The van der Waals surface area contributed by atoms with Crippen LogP contribution in [0.4, 0.5) is 0 Å². The molecule has 128 valence electrons. The Morgan fingerprint density at radius 3 is 2.92 bits per heavy atom. The molecule has 0 spiro atoms. The lowest BCUT2D eigenvalue weighted by Gasteiger charge is -2.28. The number of hydrogen-bond donors (Lipinski definition) is 0. The van der Waals surface area contributed by atoms with E-state index in [2.05, 4.69) is 15.4 Å². The molecule has 0 saturated carbocycles. The van der Waals surface area contributed by atoms with Gasteiger partial charge in [0, 0.05) is 6.54 Å². The molecular formula is C16H16N6O3. The minimum Gasteiger partial charge on any atom is -0.465 e. The number of carbonyl (C=O) groups excluding carboxylic acids is 2. The second-order valence-corrected chi connectivity index (χ2v) is 5.77. The van der Waals surface area contributed by atoms with Gasteiger partial charge in [0.15, 0.2) is 0 Å². The summed E-state index contributed by atoms with van der Waals surface area (Å²) in [4.78, 5) is 26.2.